The largest absolute Gasteiger partial charge is 0.355 e. The van der Waals surface area contributed by atoms with Gasteiger partial charge in [0.05, 0.1) is 0 Å². The van der Waals surface area contributed by atoms with E-state index in [9.17, 15) is 9.59 Å². The van der Waals surface area contributed by atoms with Crippen LogP contribution in [-0.2, 0) is 9.59 Å². The second-order valence-corrected chi connectivity index (χ2v) is 6.51. The monoisotopic (exact) mass is 453 g/mol. The van der Waals surface area contributed by atoms with Gasteiger partial charge in [0.1, 0.15) is 0 Å². The van der Waals surface area contributed by atoms with E-state index in [-0.39, 0.29) is 53.7 Å². The van der Waals surface area contributed by atoms with Gasteiger partial charge >= 0.3 is 0 Å². The minimum atomic E-state index is -0.00426. The maximum atomic E-state index is 12.0. The number of likely N-dealkylation sites (tertiary alicyclic amines) is 1. The van der Waals surface area contributed by atoms with Crippen LogP contribution in [0.5, 0.6) is 0 Å². The predicted molar refractivity (Wildman–Crippen MR) is 108 cm³/mol. The zero-order valence-corrected chi connectivity index (χ0v) is 17.7. The topological polar surface area (TPSA) is 85.8 Å². The maximum absolute atomic E-state index is 12.0. The first-order valence-electron chi connectivity index (χ1n) is 8.38. The molecule has 1 heterocycles. The molecule has 7 nitrogen and oxygen atoms in total. The van der Waals surface area contributed by atoms with Crippen LogP contribution in [-0.4, -0.2) is 61.9 Å². The van der Waals surface area contributed by atoms with E-state index in [2.05, 4.69) is 20.9 Å². The Morgan fingerprint density at radius 3 is 2.29 bits per heavy atom. The number of nitrogens with one attached hydrogen (secondary N) is 3. The summed E-state index contributed by atoms with van der Waals surface area (Å²) in [5.74, 6) is 0.987. The molecular weight excluding hydrogens is 421 g/mol. The molecule has 0 bridgehead atoms. The molecule has 8 heteroatoms. The van der Waals surface area contributed by atoms with Crippen molar-refractivity contribution in [2.45, 2.75) is 40.2 Å². The SMILES string of the molecule is CN=C(NCCNC(=O)C(C)C)NC1CCN(C(=O)C(C)C)C1.I. The lowest BCUT2D eigenvalue weighted by molar-refractivity contribution is -0.133. The van der Waals surface area contributed by atoms with Crippen LogP contribution < -0.4 is 16.0 Å². The normalized spacial score (nSPS) is 17.7. The Morgan fingerprint density at radius 1 is 1.12 bits per heavy atom. The zero-order valence-electron chi connectivity index (χ0n) is 15.4. The Hall–Kier alpha value is -1.06. The van der Waals surface area contributed by atoms with E-state index in [1.165, 1.54) is 0 Å². The van der Waals surface area contributed by atoms with Gasteiger partial charge in [-0.15, -0.1) is 24.0 Å². The summed E-state index contributed by atoms with van der Waals surface area (Å²) in [6.07, 6.45) is 0.920. The standard InChI is InChI=1S/C16H31N5O2.HI/c1-11(2)14(22)18-7-8-19-16(17-5)20-13-6-9-21(10-13)15(23)12(3)4;/h11-13H,6-10H2,1-5H3,(H,18,22)(H2,17,19,20);1H. The van der Waals surface area contributed by atoms with E-state index >= 15 is 0 Å². The quantitative estimate of drug-likeness (QED) is 0.241. The first-order chi connectivity index (χ1) is 10.8. The first kappa shape index (κ1) is 22.9. The number of hydrogen-bond acceptors (Lipinski definition) is 3. The molecule has 0 saturated carbocycles. The second-order valence-electron chi connectivity index (χ2n) is 6.51. The molecule has 0 aromatic heterocycles. The van der Waals surface area contributed by atoms with E-state index in [4.69, 9.17) is 0 Å². The minimum absolute atomic E-state index is 0. The summed E-state index contributed by atoms with van der Waals surface area (Å²) in [6.45, 7) is 10.3. The van der Waals surface area contributed by atoms with E-state index in [0.717, 1.165) is 13.0 Å². The molecule has 0 aromatic rings. The van der Waals surface area contributed by atoms with E-state index in [1.807, 2.05) is 32.6 Å². The fraction of sp³-hybridized carbons (Fsp3) is 0.812. The molecule has 1 aliphatic rings. The third kappa shape index (κ3) is 7.67. The highest BCUT2D eigenvalue weighted by Crippen LogP contribution is 2.12. The summed E-state index contributed by atoms with van der Waals surface area (Å²) < 4.78 is 0. The van der Waals surface area contributed by atoms with Crippen molar-refractivity contribution in [1.82, 2.24) is 20.9 Å². The molecule has 140 valence electrons. The van der Waals surface area contributed by atoms with Crippen molar-refractivity contribution in [3.63, 3.8) is 0 Å². The lowest BCUT2D eigenvalue weighted by Gasteiger charge is -2.20. The van der Waals surface area contributed by atoms with Crippen LogP contribution in [0.1, 0.15) is 34.1 Å². The highest BCUT2D eigenvalue weighted by atomic mass is 127. The summed E-state index contributed by atoms with van der Waals surface area (Å²) in [5, 5.41) is 9.36. The number of amides is 2. The summed E-state index contributed by atoms with van der Waals surface area (Å²) in [7, 11) is 1.72. The Bertz CT molecular complexity index is 440. The summed E-state index contributed by atoms with van der Waals surface area (Å²) in [4.78, 5) is 29.5. The number of guanidine groups is 1. The van der Waals surface area contributed by atoms with E-state index < -0.39 is 0 Å². The van der Waals surface area contributed by atoms with Gasteiger partial charge in [0.15, 0.2) is 5.96 Å². The van der Waals surface area contributed by atoms with Crippen molar-refractivity contribution in [2.75, 3.05) is 33.2 Å². The molecule has 3 N–H and O–H groups in total. The van der Waals surface area contributed by atoms with Crippen molar-refractivity contribution in [2.24, 2.45) is 16.8 Å². The maximum Gasteiger partial charge on any atom is 0.225 e. The Labute approximate surface area is 162 Å². The van der Waals surface area contributed by atoms with Crippen LogP contribution >= 0.6 is 24.0 Å². The molecule has 1 unspecified atom stereocenters. The predicted octanol–water partition coefficient (Wildman–Crippen LogP) is 0.798. The molecular formula is C16H32IN5O2. The molecule has 1 saturated heterocycles. The number of aliphatic imine (C=N–C) groups is 1. The number of carbonyl (C=O) groups is 2. The van der Waals surface area contributed by atoms with Crippen molar-refractivity contribution in [3.8, 4) is 0 Å². The van der Waals surface area contributed by atoms with E-state index in [1.54, 1.807) is 7.05 Å². The van der Waals surface area contributed by atoms with Crippen LogP contribution in [0.3, 0.4) is 0 Å². The molecule has 0 spiro atoms. The summed E-state index contributed by atoms with van der Waals surface area (Å²) in [6, 6.07) is 0.217. The Kier molecular flexibility index (Phi) is 11.0. The van der Waals surface area contributed by atoms with Crippen molar-refractivity contribution in [1.29, 1.82) is 0 Å². The number of nitrogens with zero attached hydrogens (tertiary/aromatic N) is 2. The summed E-state index contributed by atoms with van der Waals surface area (Å²) in [5.41, 5.74) is 0. The lowest BCUT2D eigenvalue weighted by atomic mass is 10.2. The van der Waals surface area contributed by atoms with Gasteiger partial charge in [-0.3, -0.25) is 14.6 Å². The van der Waals surface area contributed by atoms with Gasteiger partial charge in [0, 0.05) is 51.1 Å². The van der Waals surface area contributed by atoms with Crippen molar-refractivity contribution in [3.05, 3.63) is 0 Å². The van der Waals surface area contributed by atoms with E-state index in [0.29, 0.717) is 25.6 Å². The smallest absolute Gasteiger partial charge is 0.225 e. The van der Waals surface area contributed by atoms with Gasteiger partial charge in [0.2, 0.25) is 11.8 Å². The van der Waals surface area contributed by atoms with Gasteiger partial charge in [-0.1, -0.05) is 27.7 Å². The van der Waals surface area contributed by atoms with Crippen LogP contribution in [0.4, 0.5) is 0 Å². The van der Waals surface area contributed by atoms with Gasteiger partial charge in [0.25, 0.3) is 0 Å². The molecule has 24 heavy (non-hydrogen) atoms. The third-order valence-electron chi connectivity index (χ3n) is 3.80. The second kappa shape index (κ2) is 11.5. The Morgan fingerprint density at radius 2 is 1.75 bits per heavy atom. The van der Waals surface area contributed by atoms with Gasteiger partial charge < -0.3 is 20.9 Å². The van der Waals surface area contributed by atoms with Gasteiger partial charge in [-0.25, -0.2) is 0 Å². The lowest BCUT2D eigenvalue weighted by Crippen LogP contribution is -2.47. The number of carbonyl (C=O) groups excluding carboxylic acids is 2. The average Bonchev–Trinajstić information content (AvgIpc) is 2.97. The number of halogens is 1. The van der Waals surface area contributed by atoms with Crippen molar-refractivity contribution < 1.29 is 9.59 Å². The minimum Gasteiger partial charge on any atom is -0.355 e. The molecule has 1 aliphatic heterocycles. The van der Waals surface area contributed by atoms with Crippen LogP contribution in [0.2, 0.25) is 0 Å². The average molecular weight is 453 g/mol. The highest BCUT2D eigenvalue weighted by molar-refractivity contribution is 14.0. The summed E-state index contributed by atoms with van der Waals surface area (Å²) >= 11 is 0. The van der Waals surface area contributed by atoms with Gasteiger partial charge in [-0.2, -0.15) is 0 Å². The zero-order chi connectivity index (χ0) is 17.4. The molecule has 0 aliphatic carbocycles. The van der Waals surface area contributed by atoms with Crippen LogP contribution in [0.15, 0.2) is 4.99 Å². The fourth-order valence-electron chi connectivity index (χ4n) is 2.40. The van der Waals surface area contributed by atoms with Crippen LogP contribution in [0.25, 0.3) is 0 Å². The van der Waals surface area contributed by atoms with Gasteiger partial charge in [-0.05, 0) is 6.42 Å². The molecule has 2 amide bonds. The molecule has 0 aromatic carbocycles. The number of hydrogen-bond donors (Lipinski definition) is 3. The fourth-order valence-corrected chi connectivity index (χ4v) is 2.40. The molecule has 1 atom stereocenters. The van der Waals surface area contributed by atoms with Crippen molar-refractivity contribution >= 4 is 41.8 Å². The first-order valence-corrected chi connectivity index (χ1v) is 8.38. The highest BCUT2D eigenvalue weighted by Gasteiger charge is 2.27. The Balaban J connectivity index is 0.00000529. The molecule has 1 fully saturated rings. The third-order valence-corrected chi connectivity index (χ3v) is 3.80. The van der Waals surface area contributed by atoms with Crippen LogP contribution in [0, 0.1) is 11.8 Å². The molecule has 0 radical (unpaired) electrons. The number of rotatable bonds is 6. The molecule has 1 rings (SSSR count).